The Bertz CT molecular complexity index is 430. The summed E-state index contributed by atoms with van der Waals surface area (Å²) in [4.78, 5) is 13.9. The van der Waals surface area contributed by atoms with Crippen LogP contribution in [0.25, 0.3) is 0 Å². The number of nitrogens with zero attached hydrogens (tertiary/aromatic N) is 1. The summed E-state index contributed by atoms with van der Waals surface area (Å²) in [6, 6.07) is 9.35. The lowest BCUT2D eigenvalue weighted by Gasteiger charge is -2.35. The van der Waals surface area contributed by atoms with E-state index >= 15 is 0 Å². The first-order valence-electron chi connectivity index (χ1n) is 6.40. The molecular formula is C14H19N3O. The second kappa shape index (κ2) is 5.67. The third-order valence-electron chi connectivity index (χ3n) is 3.36. The number of nitrogens with one attached hydrogen (secondary N) is 2. The molecule has 1 saturated heterocycles. The Hall–Kier alpha value is -1.84. The number of amides is 1. The van der Waals surface area contributed by atoms with Crippen molar-refractivity contribution in [2.75, 3.05) is 6.54 Å². The molecule has 2 N–H and O–H groups in total. The predicted molar refractivity (Wildman–Crippen MR) is 71.7 cm³/mol. The third-order valence-corrected chi connectivity index (χ3v) is 3.36. The highest BCUT2D eigenvalue weighted by molar-refractivity contribution is 6.04. The minimum Gasteiger partial charge on any atom is -0.340 e. The summed E-state index contributed by atoms with van der Waals surface area (Å²) in [7, 11) is 0. The van der Waals surface area contributed by atoms with Crippen LogP contribution in [-0.4, -0.2) is 29.4 Å². The summed E-state index contributed by atoms with van der Waals surface area (Å²) in [5.74, 6) is 0.00873. The molecule has 0 bridgehead atoms. The second-order valence-electron chi connectivity index (χ2n) is 4.71. The number of carbonyl (C=O) groups is 1. The Labute approximate surface area is 108 Å². The fourth-order valence-corrected chi connectivity index (χ4v) is 2.27. The first-order valence-corrected chi connectivity index (χ1v) is 6.40. The Morgan fingerprint density at radius 2 is 2.06 bits per heavy atom. The van der Waals surface area contributed by atoms with Crippen molar-refractivity contribution in [1.29, 1.82) is 5.41 Å². The van der Waals surface area contributed by atoms with Crippen LogP contribution in [0.1, 0.15) is 36.5 Å². The molecule has 1 atom stereocenters. The standard InChI is InChI=1S/C14H19N3O/c1-11-7-5-6-10-17(11)14(15)16-13(18)12-8-3-2-4-9-12/h2-4,8-9,11H,5-7,10H2,1H3,(H2,15,16,18)/t11-/m0/s1. The van der Waals surface area contributed by atoms with Gasteiger partial charge in [-0.25, -0.2) is 0 Å². The van der Waals surface area contributed by atoms with Gasteiger partial charge in [0, 0.05) is 18.2 Å². The topological polar surface area (TPSA) is 56.2 Å². The fourth-order valence-electron chi connectivity index (χ4n) is 2.27. The Morgan fingerprint density at radius 3 is 2.72 bits per heavy atom. The van der Waals surface area contributed by atoms with Gasteiger partial charge in [0.25, 0.3) is 5.91 Å². The molecule has 4 heteroatoms. The van der Waals surface area contributed by atoms with Crippen LogP contribution in [0, 0.1) is 5.41 Å². The van der Waals surface area contributed by atoms with E-state index in [0.29, 0.717) is 11.6 Å². The molecule has 0 aromatic heterocycles. The van der Waals surface area contributed by atoms with Gasteiger partial charge < -0.3 is 4.90 Å². The van der Waals surface area contributed by atoms with Gasteiger partial charge in [0.05, 0.1) is 0 Å². The van der Waals surface area contributed by atoms with Gasteiger partial charge in [-0.15, -0.1) is 0 Å². The Kier molecular flexibility index (Phi) is 3.97. The summed E-state index contributed by atoms with van der Waals surface area (Å²) in [5.41, 5.74) is 0.590. The molecular weight excluding hydrogens is 226 g/mol. The number of carbonyl (C=O) groups excluding carboxylic acids is 1. The molecule has 18 heavy (non-hydrogen) atoms. The molecule has 1 aromatic rings. The number of guanidine groups is 1. The highest BCUT2D eigenvalue weighted by Crippen LogP contribution is 2.15. The van der Waals surface area contributed by atoms with Crippen LogP contribution >= 0.6 is 0 Å². The van der Waals surface area contributed by atoms with E-state index < -0.39 is 0 Å². The van der Waals surface area contributed by atoms with E-state index in [1.54, 1.807) is 12.1 Å². The molecule has 1 heterocycles. The van der Waals surface area contributed by atoms with Gasteiger partial charge in [-0.2, -0.15) is 0 Å². The van der Waals surface area contributed by atoms with Gasteiger partial charge >= 0.3 is 0 Å². The minimum absolute atomic E-state index is 0.210. The molecule has 1 aliphatic heterocycles. The number of hydrogen-bond acceptors (Lipinski definition) is 2. The van der Waals surface area contributed by atoms with Gasteiger partial charge in [-0.1, -0.05) is 18.2 Å². The SMILES string of the molecule is C[C@H]1CCCCN1C(=N)NC(=O)c1ccccc1. The van der Waals surface area contributed by atoms with Crippen molar-refractivity contribution in [2.24, 2.45) is 0 Å². The molecule has 4 nitrogen and oxygen atoms in total. The summed E-state index contributed by atoms with van der Waals surface area (Å²) in [5, 5.41) is 10.7. The zero-order valence-electron chi connectivity index (χ0n) is 10.6. The zero-order chi connectivity index (χ0) is 13.0. The minimum atomic E-state index is -0.210. The summed E-state index contributed by atoms with van der Waals surface area (Å²) >= 11 is 0. The number of rotatable bonds is 1. The molecule has 0 aliphatic carbocycles. The summed E-state index contributed by atoms with van der Waals surface area (Å²) < 4.78 is 0. The van der Waals surface area contributed by atoms with E-state index in [1.807, 2.05) is 23.1 Å². The van der Waals surface area contributed by atoms with Crippen molar-refractivity contribution in [1.82, 2.24) is 10.2 Å². The molecule has 96 valence electrons. The van der Waals surface area contributed by atoms with Crippen LogP contribution in [-0.2, 0) is 0 Å². The van der Waals surface area contributed by atoms with Crippen molar-refractivity contribution in [3.05, 3.63) is 35.9 Å². The highest BCUT2D eigenvalue weighted by atomic mass is 16.1. The Balaban J connectivity index is 1.97. The van der Waals surface area contributed by atoms with E-state index in [-0.39, 0.29) is 11.9 Å². The van der Waals surface area contributed by atoms with Gasteiger partial charge in [0.2, 0.25) is 0 Å². The van der Waals surface area contributed by atoms with Gasteiger partial charge in [0.1, 0.15) is 0 Å². The normalized spacial score (nSPS) is 19.4. The molecule has 0 unspecified atom stereocenters. The lowest BCUT2D eigenvalue weighted by atomic mass is 10.0. The van der Waals surface area contributed by atoms with Crippen molar-refractivity contribution >= 4 is 11.9 Å². The third kappa shape index (κ3) is 2.88. The van der Waals surface area contributed by atoms with Gasteiger partial charge in [0.15, 0.2) is 5.96 Å². The molecule has 0 spiro atoms. The number of likely N-dealkylation sites (tertiary alicyclic amines) is 1. The van der Waals surface area contributed by atoms with Crippen LogP contribution < -0.4 is 5.32 Å². The average molecular weight is 245 g/mol. The van der Waals surface area contributed by atoms with Crippen LogP contribution in [0.2, 0.25) is 0 Å². The number of piperidine rings is 1. The molecule has 1 aromatic carbocycles. The van der Waals surface area contributed by atoms with Crippen molar-refractivity contribution in [3.63, 3.8) is 0 Å². The first kappa shape index (κ1) is 12.6. The maximum absolute atomic E-state index is 11.9. The molecule has 0 radical (unpaired) electrons. The van der Waals surface area contributed by atoms with Crippen LogP contribution in [0.15, 0.2) is 30.3 Å². The summed E-state index contributed by atoms with van der Waals surface area (Å²) in [6.45, 7) is 2.96. The lowest BCUT2D eigenvalue weighted by Crippen LogP contribution is -2.49. The van der Waals surface area contributed by atoms with Crippen molar-refractivity contribution in [2.45, 2.75) is 32.2 Å². The predicted octanol–water partition coefficient (Wildman–Crippen LogP) is 2.23. The number of benzene rings is 1. The smallest absolute Gasteiger partial charge is 0.257 e. The monoisotopic (exact) mass is 245 g/mol. The quantitative estimate of drug-likeness (QED) is 0.589. The lowest BCUT2D eigenvalue weighted by molar-refractivity contribution is 0.0968. The first-order chi connectivity index (χ1) is 8.68. The van der Waals surface area contributed by atoms with E-state index in [9.17, 15) is 4.79 Å². The van der Waals surface area contributed by atoms with Crippen LogP contribution in [0.4, 0.5) is 0 Å². The van der Waals surface area contributed by atoms with Crippen LogP contribution in [0.3, 0.4) is 0 Å². The van der Waals surface area contributed by atoms with Crippen molar-refractivity contribution < 1.29 is 4.79 Å². The van der Waals surface area contributed by atoms with E-state index in [1.165, 1.54) is 6.42 Å². The molecule has 2 rings (SSSR count). The zero-order valence-corrected chi connectivity index (χ0v) is 10.6. The maximum Gasteiger partial charge on any atom is 0.257 e. The maximum atomic E-state index is 11.9. The molecule has 0 saturated carbocycles. The molecule has 1 fully saturated rings. The highest BCUT2D eigenvalue weighted by Gasteiger charge is 2.22. The molecule has 1 amide bonds. The van der Waals surface area contributed by atoms with E-state index in [4.69, 9.17) is 5.41 Å². The largest absolute Gasteiger partial charge is 0.340 e. The van der Waals surface area contributed by atoms with E-state index in [0.717, 1.165) is 19.4 Å². The van der Waals surface area contributed by atoms with Gasteiger partial charge in [-0.3, -0.25) is 15.5 Å². The van der Waals surface area contributed by atoms with Crippen molar-refractivity contribution in [3.8, 4) is 0 Å². The van der Waals surface area contributed by atoms with Gasteiger partial charge in [-0.05, 0) is 38.3 Å². The second-order valence-corrected chi connectivity index (χ2v) is 4.71. The fraction of sp³-hybridized carbons (Fsp3) is 0.429. The number of hydrogen-bond donors (Lipinski definition) is 2. The average Bonchev–Trinajstić information content (AvgIpc) is 2.40. The Morgan fingerprint density at radius 1 is 1.33 bits per heavy atom. The van der Waals surface area contributed by atoms with E-state index in [2.05, 4.69) is 12.2 Å². The van der Waals surface area contributed by atoms with Crippen LogP contribution in [0.5, 0.6) is 0 Å². The molecule has 1 aliphatic rings. The summed E-state index contributed by atoms with van der Waals surface area (Å²) in [6.07, 6.45) is 3.38.